The van der Waals surface area contributed by atoms with E-state index in [4.69, 9.17) is 0 Å². The fourth-order valence-corrected chi connectivity index (χ4v) is 7.26. The number of piperidine rings is 1. The van der Waals surface area contributed by atoms with E-state index in [2.05, 4.69) is 40.4 Å². The van der Waals surface area contributed by atoms with Crippen molar-refractivity contribution in [1.82, 2.24) is 31.5 Å². The molecule has 0 radical (unpaired) electrons. The zero-order chi connectivity index (χ0) is 34.5. The van der Waals surface area contributed by atoms with Crippen molar-refractivity contribution in [3.05, 3.63) is 35.9 Å². The van der Waals surface area contributed by atoms with Crippen LogP contribution in [-0.2, 0) is 30.5 Å². The highest BCUT2D eigenvalue weighted by Crippen LogP contribution is 2.65. The SMILES string of the molecule is CCCC(NC(=O)[C@@H]1[C@@H]2[C@H](CN1C(=O)[C@@H](NC(=O)NC(C)(C)C)C1CCCC1)C2(C)C)C(=O)C(=O)NCC(=O)NCc1ccccc1. The normalized spacial score (nSPS) is 22.8. The Balaban J connectivity index is 1.42. The third-order valence-electron chi connectivity index (χ3n) is 9.85. The first kappa shape index (κ1) is 35.9. The van der Waals surface area contributed by atoms with Crippen molar-refractivity contribution in [3.63, 3.8) is 0 Å². The van der Waals surface area contributed by atoms with Crippen molar-refractivity contribution in [3.8, 4) is 0 Å². The summed E-state index contributed by atoms with van der Waals surface area (Å²) in [6.07, 6.45) is 4.29. The standard InChI is InChI=1S/C35H52N6O6/c1-7-13-24(29(43)31(45)37-19-25(42)36-18-21-14-9-8-10-15-21)38-30(44)28-26-23(35(26,5)6)20-41(28)32(46)27(22-16-11-12-17-22)39-33(47)40-34(2,3)4/h8-10,14-15,22-24,26-28H,7,11-13,16-20H2,1-6H3,(H,36,42)(H,37,45)(H,38,44)(H2,39,40,47)/t23-,24?,26-,27-,28-/m0/s1. The quantitative estimate of drug-likeness (QED) is 0.205. The molecule has 0 bridgehead atoms. The molecule has 3 aliphatic rings. The van der Waals surface area contributed by atoms with Crippen LogP contribution in [0.1, 0.15) is 85.6 Å². The number of nitrogens with zero attached hydrogens (tertiary/aromatic N) is 1. The summed E-state index contributed by atoms with van der Waals surface area (Å²) in [4.78, 5) is 81.1. The highest BCUT2D eigenvalue weighted by Gasteiger charge is 2.69. The van der Waals surface area contributed by atoms with E-state index in [0.717, 1.165) is 31.2 Å². The number of Topliss-reactive ketones (excluding diaryl/α,β-unsaturated/α-hetero) is 1. The molecule has 2 aliphatic carbocycles. The number of nitrogens with one attached hydrogen (secondary N) is 5. The monoisotopic (exact) mass is 652 g/mol. The first-order chi connectivity index (χ1) is 22.1. The number of carbonyl (C=O) groups is 6. The van der Waals surface area contributed by atoms with E-state index < -0.39 is 53.2 Å². The third kappa shape index (κ3) is 8.90. The van der Waals surface area contributed by atoms with Gasteiger partial charge in [0.1, 0.15) is 12.1 Å². The second-order valence-corrected chi connectivity index (χ2v) is 14.9. The summed E-state index contributed by atoms with van der Waals surface area (Å²) in [5.74, 6) is -3.07. The lowest BCUT2D eigenvalue weighted by atomic mass is 9.94. The molecule has 0 spiro atoms. The molecular weight excluding hydrogens is 600 g/mol. The van der Waals surface area contributed by atoms with Gasteiger partial charge in [0.05, 0.1) is 12.6 Å². The number of benzene rings is 1. The van der Waals surface area contributed by atoms with Gasteiger partial charge >= 0.3 is 6.03 Å². The van der Waals surface area contributed by atoms with E-state index in [1.165, 1.54) is 0 Å². The van der Waals surface area contributed by atoms with Crippen molar-refractivity contribution in [1.29, 1.82) is 0 Å². The molecule has 5 N–H and O–H groups in total. The number of rotatable bonds is 13. The number of hydrogen-bond donors (Lipinski definition) is 5. The van der Waals surface area contributed by atoms with Gasteiger partial charge in [0, 0.05) is 18.6 Å². The Bertz CT molecular complexity index is 1340. The van der Waals surface area contributed by atoms with Gasteiger partial charge in [-0.2, -0.15) is 0 Å². The van der Waals surface area contributed by atoms with Crippen LogP contribution in [0.2, 0.25) is 0 Å². The van der Waals surface area contributed by atoms with Crippen LogP contribution >= 0.6 is 0 Å². The van der Waals surface area contributed by atoms with Gasteiger partial charge < -0.3 is 31.5 Å². The van der Waals surface area contributed by atoms with E-state index >= 15 is 0 Å². The van der Waals surface area contributed by atoms with Gasteiger partial charge in [-0.3, -0.25) is 24.0 Å². The Kier molecular flexibility index (Phi) is 11.3. The average molecular weight is 653 g/mol. The molecule has 47 heavy (non-hydrogen) atoms. The van der Waals surface area contributed by atoms with Crippen molar-refractivity contribution in [2.45, 2.75) is 110 Å². The summed E-state index contributed by atoms with van der Waals surface area (Å²) in [5, 5.41) is 13.7. The minimum atomic E-state index is -1.11. The Morgan fingerprint density at radius 1 is 0.957 bits per heavy atom. The number of amides is 6. The topological polar surface area (TPSA) is 166 Å². The highest BCUT2D eigenvalue weighted by atomic mass is 16.2. The summed E-state index contributed by atoms with van der Waals surface area (Å²) in [5.41, 5.74) is 0.231. The van der Waals surface area contributed by atoms with Crippen LogP contribution in [0.5, 0.6) is 0 Å². The second-order valence-electron chi connectivity index (χ2n) is 14.9. The smallest absolute Gasteiger partial charge is 0.315 e. The van der Waals surface area contributed by atoms with Gasteiger partial charge in [-0.15, -0.1) is 0 Å². The van der Waals surface area contributed by atoms with Gasteiger partial charge in [-0.05, 0) is 68.8 Å². The molecule has 1 aliphatic heterocycles. The van der Waals surface area contributed by atoms with Crippen LogP contribution in [0, 0.1) is 23.2 Å². The molecule has 3 fully saturated rings. The molecule has 12 heteroatoms. The predicted octanol–water partition coefficient (Wildman–Crippen LogP) is 2.41. The van der Waals surface area contributed by atoms with Crippen LogP contribution in [0.4, 0.5) is 4.79 Å². The van der Waals surface area contributed by atoms with E-state index in [-0.39, 0.29) is 48.6 Å². The summed E-state index contributed by atoms with van der Waals surface area (Å²) < 4.78 is 0. The third-order valence-corrected chi connectivity index (χ3v) is 9.85. The van der Waals surface area contributed by atoms with Crippen LogP contribution in [0.3, 0.4) is 0 Å². The summed E-state index contributed by atoms with van der Waals surface area (Å²) in [7, 11) is 0. The lowest BCUT2D eigenvalue weighted by Gasteiger charge is -2.35. The molecular formula is C35H52N6O6. The molecule has 1 aromatic carbocycles. The molecule has 1 unspecified atom stereocenters. The van der Waals surface area contributed by atoms with Crippen LogP contribution in [0.15, 0.2) is 30.3 Å². The molecule has 12 nitrogen and oxygen atoms in total. The first-order valence-corrected chi connectivity index (χ1v) is 17.0. The maximum atomic E-state index is 14.2. The number of likely N-dealkylation sites (tertiary alicyclic amines) is 1. The molecule has 0 aromatic heterocycles. The van der Waals surface area contributed by atoms with Crippen molar-refractivity contribution >= 4 is 35.4 Å². The van der Waals surface area contributed by atoms with Gasteiger partial charge in [-0.25, -0.2) is 4.79 Å². The lowest BCUT2D eigenvalue weighted by Crippen LogP contribution is -2.61. The van der Waals surface area contributed by atoms with Crippen molar-refractivity contribution < 1.29 is 28.8 Å². The van der Waals surface area contributed by atoms with Crippen LogP contribution in [0.25, 0.3) is 0 Å². The molecule has 6 amide bonds. The van der Waals surface area contributed by atoms with Gasteiger partial charge in [0.2, 0.25) is 23.5 Å². The van der Waals surface area contributed by atoms with Gasteiger partial charge in [0.15, 0.2) is 0 Å². The van der Waals surface area contributed by atoms with E-state index in [0.29, 0.717) is 13.0 Å². The molecule has 1 heterocycles. The highest BCUT2D eigenvalue weighted by molar-refractivity contribution is 6.38. The second kappa shape index (κ2) is 14.9. The van der Waals surface area contributed by atoms with E-state index in [9.17, 15) is 28.8 Å². The Hall–Kier alpha value is -3.96. The molecule has 5 atom stereocenters. The number of hydrogen-bond acceptors (Lipinski definition) is 6. The molecule has 2 saturated carbocycles. The zero-order valence-electron chi connectivity index (χ0n) is 28.6. The Labute approximate surface area is 277 Å². The lowest BCUT2D eigenvalue weighted by molar-refractivity contribution is -0.144. The molecule has 4 rings (SSSR count). The van der Waals surface area contributed by atoms with Gasteiger partial charge in [-0.1, -0.05) is 70.4 Å². The van der Waals surface area contributed by atoms with Crippen LogP contribution in [-0.4, -0.2) is 77.1 Å². The largest absolute Gasteiger partial charge is 0.350 e. The Morgan fingerprint density at radius 3 is 2.23 bits per heavy atom. The maximum Gasteiger partial charge on any atom is 0.315 e. The van der Waals surface area contributed by atoms with E-state index in [1.54, 1.807) is 4.90 Å². The molecule has 258 valence electrons. The average Bonchev–Trinajstić information content (AvgIpc) is 3.45. The number of urea groups is 1. The number of carbonyl (C=O) groups excluding carboxylic acids is 6. The summed E-state index contributed by atoms with van der Waals surface area (Å²) in [6.45, 7) is 11.9. The maximum absolute atomic E-state index is 14.2. The summed E-state index contributed by atoms with van der Waals surface area (Å²) >= 11 is 0. The minimum absolute atomic E-state index is 0.0372. The predicted molar refractivity (Wildman–Crippen MR) is 177 cm³/mol. The summed E-state index contributed by atoms with van der Waals surface area (Å²) in [6, 6.07) is 6.15. The minimum Gasteiger partial charge on any atom is -0.350 e. The van der Waals surface area contributed by atoms with Gasteiger partial charge in [0.25, 0.3) is 5.91 Å². The zero-order valence-corrected chi connectivity index (χ0v) is 28.6. The number of fused-ring (bicyclic) bond motifs is 1. The van der Waals surface area contributed by atoms with E-state index in [1.807, 2.05) is 58.0 Å². The van der Waals surface area contributed by atoms with Crippen molar-refractivity contribution in [2.75, 3.05) is 13.1 Å². The first-order valence-electron chi connectivity index (χ1n) is 17.0. The van der Waals surface area contributed by atoms with Crippen LogP contribution < -0.4 is 26.6 Å². The van der Waals surface area contributed by atoms with Crippen molar-refractivity contribution in [2.24, 2.45) is 23.2 Å². The number of ketones is 1. The fraction of sp³-hybridized carbons (Fsp3) is 0.657. The fourth-order valence-electron chi connectivity index (χ4n) is 7.26. The molecule has 1 saturated heterocycles. The molecule has 1 aromatic rings. The Morgan fingerprint density at radius 2 is 1.62 bits per heavy atom.